The Morgan fingerprint density at radius 1 is 1.36 bits per heavy atom. The van der Waals surface area contributed by atoms with E-state index in [2.05, 4.69) is 15.4 Å². The van der Waals surface area contributed by atoms with Gasteiger partial charge in [-0.05, 0) is 24.1 Å². The van der Waals surface area contributed by atoms with Crippen LogP contribution < -0.4 is 5.32 Å². The average Bonchev–Trinajstić information content (AvgIpc) is 3.19. The van der Waals surface area contributed by atoms with Crippen LogP contribution >= 0.6 is 0 Å². The molecule has 2 amide bonds. The van der Waals surface area contributed by atoms with Gasteiger partial charge >= 0.3 is 6.03 Å². The Bertz CT molecular complexity index is 613. The Morgan fingerprint density at radius 3 is 2.91 bits per heavy atom. The number of aromatic nitrogens is 3. The van der Waals surface area contributed by atoms with Crippen LogP contribution in [0.4, 0.5) is 9.18 Å². The van der Waals surface area contributed by atoms with E-state index < -0.39 is 0 Å². The number of halogens is 1. The molecule has 1 aliphatic rings. The highest BCUT2D eigenvalue weighted by atomic mass is 19.1. The van der Waals surface area contributed by atoms with E-state index in [0.717, 1.165) is 18.5 Å². The second kappa shape index (κ2) is 6.55. The quantitative estimate of drug-likeness (QED) is 0.933. The fourth-order valence-electron chi connectivity index (χ4n) is 2.69. The van der Waals surface area contributed by atoms with Crippen molar-refractivity contribution in [2.45, 2.75) is 18.9 Å². The third-order valence-electron chi connectivity index (χ3n) is 3.90. The first-order valence-electron chi connectivity index (χ1n) is 7.33. The Kier molecular flexibility index (Phi) is 4.32. The molecule has 22 heavy (non-hydrogen) atoms. The van der Waals surface area contributed by atoms with Crippen molar-refractivity contribution in [2.24, 2.45) is 0 Å². The minimum atomic E-state index is -0.232. The van der Waals surface area contributed by atoms with Crippen LogP contribution in [0.2, 0.25) is 0 Å². The zero-order valence-electron chi connectivity index (χ0n) is 12.2. The molecule has 3 rings (SSSR count). The number of amides is 2. The second-order valence-corrected chi connectivity index (χ2v) is 5.37. The molecule has 0 spiro atoms. The molecule has 0 saturated carbocycles. The third-order valence-corrected chi connectivity index (χ3v) is 3.90. The zero-order valence-corrected chi connectivity index (χ0v) is 12.2. The van der Waals surface area contributed by atoms with Crippen molar-refractivity contribution in [3.63, 3.8) is 0 Å². The second-order valence-electron chi connectivity index (χ2n) is 5.37. The van der Waals surface area contributed by atoms with Gasteiger partial charge in [0.1, 0.15) is 18.5 Å². The number of urea groups is 1. The van der Waals surface area contributed by atoms with Gasteiger partial charge in [0.05, 0.1) is 6.54 Å². The Labute approximate surface area is 128 Å². The van der Waals surface area contributed by atoms with Crippen LogP contribution in [0.15, 0.2) is 36.9 Å². The van der Waals surface area contributed by atoms with Gasteiger partial charge in [0, 0.05) is 25.6 Å². The summed E-state index contributed by atoms with van der Waals surface area (Å²) in [5.74, 6) is 0.0473. The number of benzene rings is 1. The first kappa shape index (κ1) is 14.5. The van der Waals surface area contributed by atoms with Crippen LogP contribution in [-0.2, 0) is 6.54 Å². The molecule has 1 fully saturated rings. The molecule has 0 bridgehead atoms. The number of rotatable bonds is 4. The van der Waals surface area contributed by atoms with Gasteiger partial charge in [-0.3, -0.25) is 4.68 Å². The molecule has 1 saturated heterocycles. The lowest BCUT2D eigenvalue weighted by Gasteiger charge is -2.17. The van der Waals surface area contributed by atoms with Crippen molar-refractivity contribution in [2.75, 3.05) is 19.6 Å². The van der Waals surface area contributed by atoms with E-state index >= 15 is 0 Å². The molecule has 1 aromatic carbocycles. The number of nitrogens with zero attached hydrogens (tertiary/aromatic N) is 4. The summed E-state index contributed by atoms with van der Waals surface area (Å²) in [6.45, 7) is 2.50. The average molecular weight is 303 g/mol. The summed E-state index contributed by atoms with van der Waals surface area (Å²) in [6, 6.07) is 6.47. The Balaban J connectivity index is 1.47. The van der Waals surface area contributed by atoms with E-state index in [1.807, 2.05) is 0 Å². The van der Waals surface area contributed by atoms with Crippen LogP contribution in [0.5, 0.6) is 0 Å². The minimum absolute atomic E-state index is 0.0651. The molecule has 2 aromatic rings. The minimum Gasteiger partial charge on any atom is -0.336 e. The van der Waals surface area contributed by atoms with Crippen molar-refractivity contribution in [3.8, 4) is 0 Å². The highest BCUT2D eigenvalue weighted by Crippen LogP contribution is 2.27. The maximum absolute atomic E-state index is 12.9. The van der Waals surface area contributed by atoms with E-state index in [1.54, 1.807) is 28.0 Å². The van der Waals surface area contributed by atoms with Gasteiger partial charge in [-0.15, -0.1) is 0 Å². The molecule has 0 aliphatic carbocycles. The smallest absolute Gasteiger partial charge is 0.317 e. The topological polar surface area (TPSA) is 63.1 Å². The van der Waals surface area contributed by atoms with Crippen LogP contribution in [-0.4, -0.2) is 45.3 Å². The largest absolute Gasteiger partial charge is 0.336 e. The molecule has 2 heterocycles. The molecule has 6 nitrogen and oxygen atoms in total. The summed E-state index contributed by atoms with van der Waals surface area (Å²) in [7, 11) is 0. The monoisotopic (exact) mass is 303 g/mol. The summed E-state index contributed by atoms with van der Waals surface area (Å²) >= 11 is 0. The van der Waals surface area contributed by atoms with Gasteiger partial charge in [-0.1, -0.05) is 12.1 Å². The van der Waals surface area contributed by atoms with E-state index in [0.29, 0.717) is 19.6 Å². The van der Waals surface area contributed by atoms with Crippen molar-refractivity contribution < 1.29 is 9.18 Å². The van der Waals surface area contributed by atoms with Gasteiger partial charge in [0.25, 0.3) is 0 Å². The maximum atomic E-state index is 12.9. The zero-order chi connectivity index (χ0) is 15.4. The molecule has 1 N–H and O–H groups in total. The van der Waals surface area contributed by atoms with E-state index in [1.165, 1.54) is 18.5 Å². The normalized spacial score (nSPS) is 17.7. The van der Waals surface area contributed by atoms with Crippen molar-refractivity contribution in [1.82, 2.24) is 25.0 Å². The number of carbonyl (C=O) groups is 1. The molecule has 1 atom stereocenters. The SMILES string of the molecule is O=C(NCCn1cncn1)N1CC[C@@H](c2ccc(F)cc2)C1. The van der Waals surface area contributed by atoms with E-state index in [-0.39, 0.29) is 17.8 Å². The lowest BCUT2D eigenvalue weighted by atomic mass is 9.99. The van der Waals surface area contributed by atoms with Crippen molar-refractivity contribution in [1.29, 1.82) is 0 Å². The van der Waals surface area contributed by atoms with Gasteiger partial charge in [0.15, 0.2) is 0 Å². The third kappa shape index (κ3) is 3.41. The van der Waals surface area contributed by atoms with Crippen LogP contribution in [0.1, 0.15) is 17.9 Å². The van der Waals surface area contributed by atoms with Crippen LogP contribution in [0.3, 0.4) is 0 Å². The molecule has 0 unspecified atom stereocenters. The van der Waals surface area contributed by atoms with Gasteiger partial charge in [0.2, 0.25) is 0 Å². The summed E-state index contributed by atoms with van der Waals surface area (Å²) in [5, 5.41) is 6.86. The predicted molar refractivity (Wildman–Crippen MR) is 78.8 cm³/mol. The maximum Gasteiger partial charge on any atom is 0.317 e. The molecular formula is C15H18FN5O. The number of likely N-dealkylation sites (tertiary alicyclic amines) is 1. The summed E-state index contributed by atoms with van der Waals surface area (Å²) < 4.78 is 14.6. The lowest BCUT2D eigenvalue weighted by molar-refractivity contribution is 0.207. The summed E-state index contributed by atoms with van der Waals surface area (Å²) in [4.78, 5) is 17.8. The molecule has 116 valence electrons. The van der Waals surface area contributed by atoms with Gasteiger partial charge in [-0.25, -0.2) is 14.2 Å². The lowest BCUT2D eigenvalue weighted by Crippen LogP contribution is -2.39. The molecule has 0 radical (unpaired) electrons. The summed E-state index contributed by atoms with van der Waals surface area (Å²) in [6.07, 6.45) is 3.99. The standard InChI is InChI=1S/C15H18FN5O/c16-14-3-1-12(2-4-14)13-5-7-20(9-13)15(22)18-6-8-21-11-17-10-19-21/h1-4,10-11,13H,5-9H2,(H,18,22)/t13-/m1/s1. The van der Waals surface area contributed by atoms with Crippen molar-refractivity contribution >= 4 is 6.03 Å². The number of nitrogens with one attached hydrogen (secondary N) is 1. The highest BCUT2D eigenvalue weighted by molar-refractivity contribution is 5.74. The van der Waals surface area contributed by atoms with Gasteiger partial charge in [-0.2, -0.15) is 5.10 Å². The van der Waals surface area contributed by atoms with Crippen molar-refractivity contribution in [3.05, 3.63) is 48.3 Å². The first-order chi connectivity index (χ1) is 10.7. The number of hydrogen-bond donors (Lipinski definition) is 1. The fourth-order valence-corrected chi connectivity index (χ4v) is 2.69. The molecule has 1 aliphatic heterocycles. The Hall–Kier alpha value is -2.44. The number of carbonyl (C=O) groups excluding carboxylic acids is 1. The van der Waals surface area contributed by atoms with E-state index in [9.17, 15) is 9.18 Å². The first-order valence-corrected chi connectivity index (χ1v) is 7.33. The predicted octanol–water partition coefficient (Wildman–Crippen LogP) is 1.62. The molecule has 1 aromatic heterocycles. The van der Waals surface area contributed by atoms with Crippen LogP contribution in [0.25, 0.3) is 0 Å². The fraction of sp³-hybridized carbons (Fsp3) is 0.400. The van der Waals surface area contributed by atoms with Gasteiger partial charge < -0.3 is 10.2 Å². The highest BCUT2D eigenvalue weighted by Gasteiger charge is 2.27. The van der Waals surface area contributed by atoms with Crippen LogP contribution in [0, 0.1) is 5.82 Å². The summed E-state index contributed by atoms with van der Waals surface area (Å²) in [5.41, 5.74) is 1.08. The Morgan fingerprint density at radius 2 is 2.18 bits per heavy atom. The number of hydrogen-bond acceptors (Lipinski definition) is 3. The molecule has 7 heteroatoms. The molecular weight excluding hydrogens is 285 g/mol. The van der Waals surface area contributed by atoms with E-state index in [4.69, 9.17) is 0 Å².